The second kappa shape index (κ2) is 10.1. The lowest BCUT2D eigenvalue weighted by atomic mass is 9.88. The van der Waals surface area contributed by atoms with Gasteiger partial charge in [-0.05, 0) is 31.1 Å². The van der Waals surface area contributed by atoms with Crippen LogP contribution in [0.2, 0.25) is 0 Å². The highest BCUT2D eigenvalue weighted by atomic mass is 16.5. The first-order chi connectivity index (χ1) is 13.4. The molecule has 0 aromatic heterocycles. The van der Waals surface area contributed by atoms with E-state index in [-0.39, 0.29) is 34.2 Å². The summed E-state index contributed by atoms with van der Waals surface area (Å²) < 4.78 is 16.4. The number of carbonyl (C=O) groups excluding carboxylic acids is 3. The van der Waals surface area contributed by atoms with E-state index >= 15 is 0 Å². The monoisotopic (exact) mass is 388 g/mol. The van der Waals surface area contributed by atoms with Gasteiger partial charge in [0.25, 0.3) is 0 Å². The third-order valence-electron chi connectivity index (χ3n) is 4.80. The molecule has 1 atom stereocenters. The number of hydrogen-bond donors (Lipinski definition) is 0. The summed E-state index contributed by atoms with van der Waals surface area (Å²) in [5.74, 6) is -0.537. The molecular weight excluding hydrogens is 360 g/mol. The summed E-state index contributed by atoms with van der Waals surface area (Å²) in [5, 5.41) is 0. The number of allylic oxidation sites excluding steroid dienone is 2. The first kappa shape index (κ1) is 21.7. The topological polar surface area (TPSA) is 78.9 Å². The lowest BCUT2D eigenvalue weighted by Crippen LogP contribution is -2.18. The van der Waals surface area contributed by atoms with Crippen molar-refractivity contribution in [3.63, 3.8) is 0 Å². The number of ether oxygens (including phenoxy) is 3. The summed E-state index contributed by atoms with van der Waals surface area (Å²) in [7, 11) is 2.88. The van der Waals surface area contributed by atoms with Gasteiger partial charge in [0.2, 0.25) is 0 Å². The molecule has 6 heteroatoms. The minimum absolute atomic E-state index is 0.160. The van der Waals surface area contributed by atoms with Crippen LogP contribution < -0.4 is 9.47 Å². The molecule has 0 fully saturated rings. The van der Waals surface area contributed by atoms with E-state index in [2.05, 4.69) is 6.92 Å². The fourth-order valence-electron chi connectivity index (χ4n) is 3.49. The summed E-state index contributed by atoms with van der Waals surface area (Å²) in [6.07, 6.45) is 7.78. The summed E-state index contributed by atoms with van der Waals surface area (Å²) in [4.78, 5) is 36.6. The molecule has 0 amide bonds. The van der Waals surface area contributed by atoms with Crippen molar-refractivity contribution in [2.24, 2.45) is 0 Å². The van der Waals surface area contributed by atoms with Crippen molar-refractivity contribution >= 4 is 17.5 Å². The van der Waals surface area contributed by atoms with Crippen molar-refractivity contribution < 1.29 is 28.6 Å². The molecule has 0 heterocycles. The van der Waals surface area contributed by atoms with E-state index in [1.54, 1.807) is 6.07 Å². The summed E-state index contributed by atoms with van der Waals surface area (Å²) >= 11 is 0. The Bertz CT molecular complexity index is 778. The zero-order valence-electron chi connectivity index (χ0n) is 17.0. The Morgan fingerprint density at radius 2 is 1.61 bits per heavy atom. The van der Waals surface area contributed by atoms with E-state index < -0.39 is 12.1 Å². The maximum atomic E-state index is 12.5. The van der Waals surface area contributed by atoms with Crippen LogP contribution in [0.1, 0.15) is 84.8 Å². The van der Waals surface area contributed by atoms with E-state index in [1.807, 2.05) is 0 Å². The van der Waals surface area contributed by atoms with Gasteiger partial charge in [-0.3, -0.25) is 14.4 Å². The number of carbonyl (C=O) groups is 3. The maximum absolute atomic E-state index is 12.5. The van der Waals surface area contributed by atoms with Crippen LogP contribution in [0.25, 0.3) is 0 Å². The Morgan fingerprint density at radius 3 is 2.18 bits per heavy atom. The van der Waals surface area contributed by atoms with E-state index in [0.29, 0.717) is 12.0 Å². The molecule has 0 saturated carbocycles. The number of ketones is 2. The first-order valence-electron chi connectivity index (χ1n) is 9.67. The number of esters is 1. The standard InChI is InChI=1S/C22H28O6/c1-5-6-7-8-9-10-18(28-14(2)23)15-13-19(26-3)20-16(24)11-12-17(25)21(20)22(15)27-4/h11-13,18H,5-10H2,1-4H3. The SMILES string of the molecule is CCCCCCCC(OC(C)=O)c1cc(OC)c2c(c1OC)C(=O)C=CC2=O. The zero-order valence-corrected chi connectivity index (χ0v) is 17.0. The predicted molar refractivity (Wildman–Crippen MR) is 105 cm³/mol. The molecule has 0 bridgehead atoms. The van der Waals surface area contributed by atoms with Gasteiger partial charge >= 0.3 is 5.97 Å². The third kappa shape index (κ3) is 4.80. The van der Waals surface area contributed by atoms with Gasteiger partial charge in [-0.15, -0.1) is 0 Å². The van der Waals surface area contributed by atoms with Gasteiger partial charge in [-0.2, -0.15) is 0 Å². The highest BCUT2D eigenvalue weighted by molar-refractivity contribution is 6.24. The van der Waals surface area contributed by atoms with Gasteiger partial charge < -0.3 is 14.2 Å². The van der Waals surface area contributed by atoms with Gasteiger partial charge in [-0.1, -0.05) is 32.6 Å². The average Bonchev–Trinajstić information content (AvgIpc) is 2.68. The number of benzene rings is 1. The van der Waals surface area contributed by atoms with Crippen LogP contribution in [0.5, 0.6) is 11.5 Å². The Kier molecular flexibility index (Phi) is 7.79. The van der Waals surface area contributed by atoms with Crippen LogP contribution in [0.4, 0.5) is 0 Å². The molecule has 1 aliphatic carbocycles. The lowest BCUT2D eigenvalue weighted by Gasteiger charge is -2.24. The fourth-order valence-corrected chi connectivity index (χ4v) is 3.49. The van der Waals surface area contributed by atoms with Gasteiger partial charge in [0.15, 0.2) is 11.6 Å². The summed E-state index contributed by atoms with van der Waals surface area (Å²) in [6.45, 7) is 3.50. The van der Waals surface area contributed by atoms with Gasteiger partial charge in [0, 0.05) is 12.5 Å². The number of fused-ring (bicyclic) bond motifs is 1. The molecule has 0 N–H and O–H groups in total. The largest absolute Gasteiger partial charge is 0.496 e. The van der Waals surface area contributed by atoms with E-state index in [9.17, 15) is 14.4 Å². The zero-order chi connectivity index (χ0) is 20.7. The second-order valence-corrected chi connectivity index (χ2v) is 6.81. The molecule has 0 saturated heterocycles. The molecule has 1 aromatic carbocycles. The molecule has 1 aromatic rings. The molecule has 2 rings (SSSR count). The van der Waals surface area contributed by atoms with Crippen LogP contribution in [-0.2, 0) is 9.53 Å². The normalized spacial score (nSPS) is 13.9. The number of unbranched alkanes of at least 4 members (excludes halogenated alkanes) is 4. The number of rotatable bonds is 10. The molecule has 1 unspecified atom stereocenters. The summed E-state index contributed by atoms with van der Waals surface area (Å²) in [6, 6.07) is 1.64. The molecule has 0 aliphatic heterocycles. The van der Waals surface area contributed by atoms with Crippen LogP contribution in [0, 0.1) is 0 Å². The highest BCUT2D eigenvalue weighted by Crippen LogP contribution is 2.42. The highest BCUT2D eigenvalue weighted by Gasteiger charge is 2.32. The van der Waals surface area contributed by atoms with Crippen molar-refractivity contribution in [2.45, 2.75) is 58.5 Å². The molecule has 152 valence electrons. The first-order valence-corrected chi connectivity index (χ1v) is 9.67. The molecular formula is C22H28O6. The van der Waals surface area contributed by atoms with Gasteiger partial charge in [0.1, 0.15) is 17.6 Å². The number of methoxy groups -OCH3 is 2. The van der Waals surface area contributed by atoms with Crippen LogP contribution >= 0.6 is 0 Å². The Morgan fingerprint density at radius 1 is 0.964 bits per heavy atom. The van der Waals surface area contributed by atoms with Crippen molar-refractivity contribution in [3.05, 3.63) is 34.9 Å². The quantitative estimate of drug-likeness (QED) is 0.430. The molecule has 0 radical (unpaired) electrons. The van der Waals surface area contributed by atoms with E-state index in [1.165, 1.54) is 33.3 Å². The number of hydrogen-bond acceptors (Lipinski definition) is 6. The van der Waals surface area contributed by atoms with Gasteiger partial charge in [0.05, 0.1) is 25.3 Å². The van der Waals surface area contributed by atoms with Crippen molar-refractivity contribution in [1.29, 1.82) is 0 Å². The Labute approximate surface area is 165 Å². The van der Waals surface area contributed by atoms with Crippen LogP contribution in [0.3, 0.4) is 0 Å². The molecule has 6 nitrogen and oxygen atoms in total. The molecule has 1 aliphatic rings. The van der Waals surface area contributed by atoms with Crippen LogP contribution in [0.15, 0.2) is 18.2 Å². The maximum Gasteiger partial charge on any atom is 0.303 e. The Balaban J connectivity index is 2.47. The van der Waals surface area contributed by atoms with E-state index in [4.69, 9.17) is 14.2 Å². The fraction of sp³-hybridized carbons (Fsp3) is 0.500. The van der Waals surface area contributed by atoms with E-state index in [0.717, 1.165) is 32.1 Å². The Hall–Kier alpha value is -2.63. The predicted octanol–water partition coefficient (Wildman–Crippen LogP) is 4.60. The smallest absolute Gasteiger partial charge is 0.303 e. The second-order valence-electron chi connectivity index (χ2n) is 6.81. The van der Waals surface area contributed by atoms with Crippen LogP contribution in [-0.4, -0.2) is 31.8 Å². The summed E-state index contributed by atoms with van der Waals surface area (Å²) in [5.41, 5.74) is 0.882. The molecule has 0 spiro atoms. The van der Waals surface area contributed by atoms with Gasteiger partial charge in [-0.25, -0.2) is 0 Å². The van der Waals surface area contributed by atoms with Crippen molar-refractivity contribution in [2.75, 3.05) is 14.2 Å². The lowest BCUT2D eigenvalue weighted by molar-refractivity contribution is -0.147. The van der Waals surface area contributed by atoms with Crippen molar-refractivity contribution in [1.82, 2.24) is 0 Å². The van der Waals surface area contributed by atoms with Crippen molar-refractivity contribution in [3.8, 4) is 11.5 Å². The minimum Gasteiger partial charge on any atom is -0.496 e. The molecule has 28 heavy (non-hydrogen) atoms. The third-order valence-corrected chi connectivity index (χ3v) is 4.80. The average molecular weight is 388 g/mol. The minimum atomic E-state index is -0.581.